The zero-order chi connectivity index (χ0) is 13.1. The molecule has 0 saturated carbocycles. The Morgan fingerprint density at radius 3 is 3.17 bits per heavy atom. The summed E-state index contributed by atoms with van der Waals surface area (Å²) in [7, 11) is 1.63. The molecule has 2 rings (SSSR count). The predicted octanol–water partition coefficient (Wildman–Crippen LogP) is -0.652. The highest BCUT2D eigenvalue weighted by molar-refractivity contribution is 5.83. The number of carbonyl (C=O) groups excluding carboxylic acids is 1. The van der Waals surface area contributed by atoms with E-state index < -0.39 is 17.8 Å². The number of primary amides is 1. The average molecular weight is 255 g/mol. The second kappa shape index (κ2) is 5.13. The third-order valence-corrected chi connectivity index (χ3v) is 2.68. The lowest BCUT2D eigenvalue weighted by atomic mass is 10.2. The fourth-order valence-corrected chi connectivity index (χ4v) is 1.77. The standard InChI is InChI=1S/C10H14FN5O2/c1-13-10-14-4-6(11)9(15-10)16-2-3-18-5-7(16)8(12)17/h4,7H,2-3,5H2,1H3,(H2,12,17)(H,13,14,15). The van der Waals surface area contributed by atoms with E-state index in [0.29, 0.717) is 13.2 Å². The van der Waals surface area contributed by atoms with Crippen LogP contribution >= 0.6 is 0 Å². The van der Waals surface area contributed by atoms with E-state index in [1.165, 1.54) is 4.90 Å². The number of rotatable bonds is 3. The van der Waals surface area contributed by atoms with Gasteiger partial charge < -0.3 is 20.7 Å². The molecule has 2 heterocycles. The number of aromatic nitrogens is 2. The van der Waals surface area contributed by atoms with Crippen molar-refractivity contribution in [3.8, 4) is 0 Å². The van der Waals surface area contributed by atoms with Crippen LogP contribution in [-0.2, 0) is 9.53 Å². The van der Waals surface area contributed by atoms with Crippen molar-refractivity contribution in [3.63, 3.8) is 0 Å². The van der Waals surface area contributed by atoms with Gasteiger partial charge in [0.2, 0.25) is 11.9 Å². The van der Waals surface area contributed by atoms with Crippen molar-refractivity contribution in [3.05, 3.63) is 12.0 Å². The number of anilines is 2. The highest BCUT2D eigenvalue weighted by Gasteiger charge is 2.30. The van der Waals surface area contributed by atoms with Gasteiger partial charge in [-0.3, -0.25) is 4.79 Å². The minimum Gasteiger partial charge on any atom is -0.377 e. The topological polar surface area (TPSA) is 93.4 Å². The first-order chi connectivity index (χ1) is 8.63. The summed E-state index contributed by atoms with van der Waals surface area (Å²) in [6.07, 6.45) is 1.06. The normalized spacial score (nSPS) is 19.7. The molecule has 1 fully saturated rings. The number of carbonyl (C=O) groups is 1. The summed E-state index contributed by atoms with van der Waals surface area (Å²) >= 11 is 0. The number of hydrogen-bond donors (Lipinski definition) is 2. The molecule has 1 aromatic heterocycles. The molecule has 0 spiro atoms. The van der Waals surface area contributed by atoms with Crippen molar-refractivity contribution in [2.75, 3.05) is 37.0 Å². The minimum atomic E-state index is -0.715. The predicted molar refractivity (Wildman–Crippen MR) is 62.7 cm³/mol. The van der Waals surface area contributed by atoms with Gasteiger partial charge in [-0.05, 0) is 0 Å². The Labute approximate surface area is 103 Å². The Morgan fingerprint density at radius 2 is 2.50 bits per heavy atom. The fourth-order valence-electron chi connectivity index (χ4n) is 1.77. The third-order valence-electron chi connectivity index (χ3n) is 2.68. The molecule has 18 heavy (non-hydrogen) atoms. The van der Waals surface area contributed by atoms with Gasteiger partial charge in [0.05, 0.1) is 19.4 Å². The molecule has 1 aromatic rings. The molecular weight excluding hydrogens is 241 g/mol. The van der Waals surface area contributed by atoms with Gasteiger partial charge in [0, 0.05) is 13.6 Å². The van der Waals surface area contributed by atoms with Crippen LogP contribution in [0.2, 0.25) is 0 Å². The van der Waals surface area contributed by atoms with Crippen LogP contribution in [0, 0.1) is 5.82 Å². The molecule has 1 aliphatic heterocycles. The Hall–Kier alpha value is -1.96. The monoisotopic (exact) mass is 255 g/mol. The molecule has 1 aliphatic rings. The van der Waals surface area contributed by atoms with Crippen LogP contribution in [0.5, 0.6) is 0 Å². The van der Waals surface area contributed by atoms with Gasteiger partial charge in [-0.1, -0.05) is 0 Å². The van der Waals surface area contributed by atoms with Crippen molar-refractivity contribution < 1.29 is 13.9 Å². The number of nitrogens with zero attached hydrogens (tertiary/aromatic N) is 3. The molecule has 3 N–H and O–H groups in total. The first-order valence-corrected chi connectivity index (χ1v) is 5.47. The van der Waals surface area contributed by atoms with Gasteiger partial charge in [-0.2, -0.15) is 4.98 Å². The van der Waals surface area contributed by atoms with E-state index >= 15 is 0 Å². The number of nitrogens with two attached hydrogens (primary N) is 1. The first-order valence-electron chi connectivity index (χ1n) is 5.47. The average Bonchev–Trinajstić information content (AvgIpc) is 2.39. The second-order valence-corrected chi connectivity index (χ2v) is 3.80. The second-order valence-electron chi connectivity index (χ2n) is 3.80. The van der Waals surface area contributed by atoms with E-state index in [1.807, 2.05) is 0 Å². The molecule has 8 heteroatoms. The quantitative estimate of drug-likeness (QED) is 0.745. The fraction of sp³-hybridized carbons (Fsp3) is 0.500. The van der Waals surface area contributed by atoms with E-state index in [1.54, 1.807) is 7.05 Å². The molecule has 1 saturated heterocycles. The minimum absolute atomic E-state index is 0.0569. The number of hydrogen-bond acceptors (Lipinski definition) is 6. The third kappa shape index (κ3) is 2.33. The van der Waals surface area contributed by atoms with E-state index in [4.69, 9.17) is 10.5 Å². The molecule has 0 aromatic carbocycles. The smallest absolute Gasteiger partial charge is 0.242 e. The molecular formula is C10H14FN5O2. The van der Waals surface area contributed by atoms with E-state index in [-0.39, 0.29) is 18.4 Å². The van der Waals surface area contributed by atoms with Crippen LogP contribution in [0.15, 0.2) is 6.20 Å². The Bertz CT molecular complexity index is 456. The van der Waals surface area contributed by atoms with Crippen LogP contribution in [0.3, 0.4) is 0 Å². The van der Waals surface area contributed by atoms with Crippen LogP contribution in [0.25, 0.3) is 0 Å². The van der Waals surface area contributed by atoms with Crippen molar-refractivity contribution in [1.29, 1.82) is 0 Å². The summed E-state index contributed by atoms with van der Waals surface area (Å²) in [6, 6.07) is -0.715. The van der Waals surface area contributed by atoms with Gasteiger partial charge in [-0.25, -0.2) is 9.37 Å². The van der Waals surface area contributed by atoms with E-state index in [0.717, 1.165) is 6.20 Å². The zero-order valence-corrected chi connectivity index (χ0v) is 9.89. The highest BCUT2D eigenvalue weighted by Crippen LogP contribution is 2.21. The van der Waals surface area contributed by atoms with Crippen molar-refractivity contribution in [1.82, 2.24) is 9.97 Å². The lowest BCUT2D eigenvalue weighted by Crippen LogP contribution is -2.53. The molecule has 0 radical (unpaired) electrons. The summed E-state index contributed by atoms with van der Waals surface area (Å²) in [5.41, 5.74) is 5.27. The maximum absolute atomic E-state index is 13.7. The van der Waals surface area contributed by atoms with Crippen LogP contribution in [0.4, 0.5) is 16.2 Å². The van der Waals surface area contributed by atoms with E-state index in [9.17, 15) is 9.18 Å². The summed E-state index contributed by atoms with van der Waals surface area (Å²) in [6.45, 7) is 0.875. The van der Waals surface area contributed by atoms with Crippen molar-refractivity contribution in [2.24, 2.45) is 5.73 Å². The van der Waals surface area contributed by atoms with E-state index in [2.05, 4.69) is 15.3 Å². The van der Waals surface area contributed by atoms with Crippen LogP contribution < -0.4 is 16.0 Å². The SMILES string of the molecule is CNc1ncc(F)c(N2CCOCC2C(N)=O)n1. The maximum atomic E-state index is 13.7. The number of amides is 1. The van der Waals surface area contributed by atoms with Gasteiger partial charge >= 0.3 is 0 Å². The van der Waals surface area contributed by atoms with Crippen molar-refractivity contribution in [2.45, 2.75) is 6.04 Å². The highest BCUT2D eigenvalue weighted by atomic mass is 19.1. The molecule has 7 nitrogen and oxygen atoms in total. The first kappa shape index (κ1) is 12.5. The lowest BCUT2D eigenvalue weighted by molar-refractivity contribution is -0.121. The largest absolute Gasteiger partial charge is 0.377 e. The molecule has 1 unspecified atom stereocenters. The zero-order valence-electron chi connectivity index (χ0n) is 9.89. The number of ether oxygens (including phenoxy) is 1. The summed E-state index contributed by atoms with van der Waals surface area (Å²) in [5, 5.41) is 2.71. The summed E-state index contributed by atoms with van der Waals surface area (Å²) < 4.78 is 18.9. The van der Waals surface area contributed by atoms with Gasteiger partial charge in [0.1, 0.15) is 6.04 Å². The molecule has 1 amide bonds. The number of nitrogens with one attached hydrogen (secondary N) is 1. The van der Waals surface area contributed by atoms with Crippen molar-refractivity contribution >= 4 is 17.7 Å². The number of morpholine rings is 1. The Kier molecular flexibility index (Phi) is 3.56. The van der Waals surface area contributed by atoms with Gasteiger partial charge in [0.15, 0.2) is 11.6 Å². The maximum Gasteiger partial charge on any atom is 0.242 e. The Morgan fingerprint density at radius 1 is 1.72 bits per heavy atom. The van der Waals surface area contributed by atoms with Crippen LogP contribution in [0.1, 0.15) is 0 Å². The summed E-state index contributed by atoms with van der Waals surface area (Å²) in [5.74, 6) is -0.830. The van der Waals surface area contributed by atoms with Gasteiger partial charge in [0.25, 0.3) is 0 Å². The van der Waals surface area contributed by atoms with Crippen LogP contribution in [-0.4, -0.2) is 48.7 Å². The molecule has 0 bridgehead atoms. The lowest BCUT2D eigenvalue weighted by Gasteiger charge is -2.34. The summed E-state index contributed by atoms with van der Waals surface area (Å²) in [4.78, 5) is 20.6. The van der Waals surface area contributed by atoms with Gasteiger partial charge in [-0.15, -0.1) is 0 Å². The molecule has 98 valence electrons. The molecule has 0 aliphatic carbocycles. The number of halogens is 1. The molecule has 1 atom stereocenters. The Balaban J connectivity index is 2.35.